The number of likely N-dealkylation sites (tertiary alicyclic amines) is 1. The predicted octanol–water partition coefficient (Wildman–Crippen LogP) is 3.69. The van der Waals surface area contributed by atoms with E-state index in [9.17, 15) is 9.90 Å². The summed E-state index contributed by atoms with van der Waals surface area (Å²) >= 11 is 6.72. The number of hydrogen-bond donors (Lipinski definition) is 2. The van der Waals surface area contributed by atoms with Crippen LogP contribution >= 0.6 is 11.6 Å². The number of carbonyl (C=O) groups is 1. The number of ether oxygens (including phenoxy) is 1. The van der Waals surface area contributed by atoms with Crippen molar-refractivity contribution in [2.45, 2.75) is 49.7 Å². The summed E-state index contributed by atoms with van der Waals surface area (Å²) in [6, 6.07) is 6.07. The van der Waals surface area contributed by atoms with Crippen LogP contribution in [-0.2, 0) is 16.6 Å². The first-order chi connectivity index (χ1) is 17.3. The monoisotopic (exact) mass is 509 g/mol. The van der Waals surface area contributed by atoms with Crippen molar-refractivity contribution >= 4 is 34.1 Å². The number of aromatic nitrogens is 3. The van der Waals surface area contributed by atoms with Crippen molar-refractivity contribution in [3.05, 3.63) is 52.9 Å². The number of benzene rings is 1. The predicted molar refractivity (Wildman–Crippen MR) is 138 cm³/mol. The third-order valence-corrected chi connectivity index (χ3v) is 8.74. The average molecular weight is 510 g/mol. The van der Waals surface area contributed by atoms with E-state index in [1.165, 1.54) is 0 Å². The van der Waals surface area contributed by atoms with Crippen LogP contribution in [-0.4, -0.2) is 68.6 Å². The number of amides is 1. The van der Waals surface area contributed by atoms with E-state index in [0.717, 1.165) is 59.3 Å². The van der Waals surface area contributed by atoms with Crippen LogP contribution in [0.25, 0.3) is 10.8 Å². The first-order valence-corrected chi connectivity index (χ1v) is 13.1. The molecule has 3 fully saturated rings. The van der Waals surface area contributed by atoms with Gasteiger partial charge in [0.15, 0.2) is 0 Å². The Balaban J connectivity index is 1.15. The molecular formula is C27H32ClN5O3. The molecule has 3 aliphatic rings. The second-order valence-electron chi connectivity index (χ2n) is 10.8. The van der Waals surface area contributed by atoms with Gasteiger partial charge in [0.05, 0.1) is 31.1 Å². The van der Waals surface area contributed by atoms with E-state index in [-0.39, 0.29) is 23.3 Å². The average Bonchev–Trinajstić information content (AvgIpc) is 3.44. The van der Waals surface area contributed by atoms with E-state index in [1.54, 1.807) is 10.9 Å². The Morgan fingerprint density at radius 3 is 2.72 bits per heavy atom. The highest BCUT2D eigenvalue weighted by atomic mass is 35.5. The largest absolute Gasteiger partial charge is 0.389 e. The van der Waals surface area contributed by atoms with Crippen LogP contribution in [0.4, 0.5) is 5.82 Å². The van der Waals surface area contributed by atoms with Crippen LogP contribution in [0.1, 0.15) is 49.1 Å². The third kappa shape index (κ3) is 4.30. The molecule has 8 nitrogen and oxygen atoms in total. The molecule has 2 aromatic heterocycles. The van der Waals surface area contributed by atoms with E-state index in [0.29, 0.717) is 24.9 Å². The number of aryl methyl sites for hydroxylation is 1. The fourth-order valence-electron chi connectivity index (χ4n) is 5.92. The van der Waals surface area contributed by atoms with Crippen molar-refractivity contribution < 1.29 is 14.6 Å². The van der Waals surface area contributed by atoms with Crippen molar-refractivity contribution in [1.82, 2.24) is 19.7 Å². The van der Waals surface area contributed by atoms with Crippen LogP contribution in [0.5, 0.6) is 0 Å². The molecule has 2 saturated heterocycles. The molecule has 190 valence electrons. The van der Waals surface area contributed by atoms with E-state index in [2.05, 4.69) is 33.3 Å². The molecule has 1 aliphatic carbocycles. The molecule has 0 unspecified atom stereocenters. The van der Waals surface area contributed by atoms with E-state index < -0.39 is 6.10 Å². The van der Waals surface area contributed by atoms with Crippen LogP contribution in [0.3, 0.4) is 0 Å². The van der Waals surface area contributed by atoms with Crippen LogP contribution in [0.2, 0.25) is 5.02 Å². The number of carbonyl (C=O) groups excluding carboxylic acids is 1. The summed E-state index contributed by atoms with van der Waals surface area (Å²) < 4.78 is 7.31. The van der Waals surface area contributed by atoms with Crippen molar-refractivity contribution in [1.29, 1.82) is 0 Å². The van der Waals surface area contributed by atoms with Gasteiger partial charge in [-0.3, -0.25) is 14.4 Å². The van der Waals surface area contributed by atoms with Gasteiger partial charge in [-0.15, -0.1) is 0 Å². The maximum atomic E-state index is 12.8. The fourth-order valence-corrected chi connectivity index (χ4v) is 6.25. The van der Waals surface area contributed by atoms with Crippen LogP contribution in [0.15, 0.2) is 36.8 Å². The van der Waals surface area contributed by atoms with Gasteiger partial charge in [0.25, 0.3) is 0 Å². The molecule has 4 heterocycles. The number of rotatable bonds is 5. The summed E-state index contributed by atoms with van der Waals surface area (Å²) in [6.45, 7) is 4.86. The number of nitrogens with zero attached hydrogens (tertiary/aromatic N) is 4. The van der Waals surface area contributed by atoms with Gasteiger partial charge in [-0.05, 0) is 85.8 Å². The standard InChI is InChI=1S/C27H32ClN5O3/c1-27(15-36-14-24(27)34)33-5-3-16(4-6-33)21-7-17-9-25(29-11-18(17)8-23(21)28)31-26(35)22-10-20(22)19-12-30-32(2)13-19/h7-9,11-13,16,20,22,24,34H,3-6,10,14-15H2,1-2H3,(H,29,31,35)/t20-,22+,24+,27-/m0/s1. The molecule has 3 aromatic rings. The number of fused-ring (bicyclic) bond motifs is 1. The highest BCUT2D eigenvalue weighted by Crippen LogP contribution is 2.48. The number of halogens is 1. The number of pyridine rings is 1. The highest BCUT2D eigenvalue weighted by molar-refractivity contribution is 6.32. The summed E-state index contributed by atoms with van der Waals surface area (Å²) in [5.41, 5.74) is 1.94. The van der Waals surface area contributed by atoms with Gasteiger partial charge in [0.2, 0.25) is 5.91 Å². The SMILES string of the molecule is Cn1cc([C@@H]2C[C@H]2C(=O)Nc2cc3cc(C4CCN([C@@]5(C)COC[C@H]5O)CC4)c(Cl)cc3cn2)cn1. The number of hydrogen-bond acceptors (Lipinski definition) is 6. The minimum atomic E-state index is -0.449. The number of piperidine rings is 1. The molecule has 1 amide bonds. The minimum Gasteiger partial charge on any atom is -0.389 e. The molecule has 1 aromatic carbocycles. The van der Waals surface area contributed by atoms with Gasteiger partial charge in [-0.25, -0.2) is 4.98 Å². The summed E-state index contributed by atoms with van der Waals surface area (Å²) in [5, 5.41) is 20.4. The van der Waals surface area contributed by atoms with Gasteiger partial charge >= 0.3 is 0 Å². The molecule has 2 aliphatic heterocycles. The lowest BCUT2D eigenvalue weighted by atomic mass is 9.85. The quantitative estimate of drug-likeness (QED) is 0.545. The molecule has 36 heavy (non-hydrogen) atoms. The molecule has 0 spiro atoms. The normalized spacial score (nSPS) is 29.1. The van der Waals surface area contributed by atoms with Gasteiger partial charge < -0.3 is 15.2 Å². The molecule has 9 heteroatoms. The zero-order valence-electron chi connectivity index (χ0n) is 20.7. The smallest absolute Gasteiger partial charge is 0.229 e. The first-order valence-electron chi connectivity index (χ1n) is 12.7. The van der Waals surface area contributed by atoms with Crippen molar-refractivity contribution in [3.8, 4) is 0 Å². The van der Waals surface area contributed by atoms with Crippen molar-refractivity contribution in [3.63, 3.8) is 0 Å². The molecular weight excluding hydrogens is 478 g/mol. The second kappa shape index (κ2) is 9.10. The van der Waals surface area contributed by atoms with Crippen molar-refractivity contribution in [2.75, 3.05) is 31.6 Å². The first kappa shape index (κ1) is 23.9. The zero-order chi connectivity index (χ0) is 25.0. The summed E-state index contributed by atoms with van der Waals surface area (Å²) in [5.74, 6) is 1.11. The lowest BCUT2D eigenvalue weighted by Gasteiger charge is -2.43. The Hall–Kier alpha value is -2.52. The minimum absolute atomic E-state index is 0.00355. The van der Waals surface area contributed by atoms with E-state index >= 15 is 0 Å². The zero-order valence-corrected chi connectivity index (χ0v) is 21.4. The van der Waals surface area contributed by atoms with Gasteiger partial charge in [0, 0.05) is 35.8 Å². The Bertz CT molecular complexity index is 1300. The van der Waals surface area contributed by atoms with Gasteiger partial charge in [0.1, 0.15) is 5.82 Å². The number of anilines is 1. The second-order valence-corrected chi connectivity index (χ2v) is 11.2. The van der Waals surface area contributed by atoms with Crippen LogP contribution in [0, 0.1) is 5.92 Å². The highest BCUT2D eigenvalue weighted by Gasteiger charge is 2.45. The summed E-state index contributed by atoms with van der Waals surface area (Å²) in [7, 11) is 1.89. The molecule has 0 bridgehead atoms. The number of nitrogens with one attached hydrogen (secondary N) is 1. The summed E-state index contributed by atoms with van der Waals surface area (Å²) in [4.78, 5) is 19.7. The van der Waals surface area contributed by atoms with E-state index in [1.807, 2.05) is 31.6 Å². The summed E-state index contributed by atoms with van der Waals surface area (Å²) in [6.07, 6.45) is 7.93. The lowest BCUT2D eigenvalue weighted by molar-refractivity contribution is -0.117. The Morgan fingerprint density at radius 2 is 2.03 bits per heavy atom. The Labute approximate surface area is 215 Å². The lowest BCUT2D eigenvalue weighted by Crippen LogP contribution is -2.56. The maximum Gasteiger partial charge on any atom is 0.229 e. The van der Waals surface area contributed by atoms with Crippen molar-refractivity contribution in [2.24, 2.45) is 13.0 Å². The van der Waals surface area contributed by atoms with Crippen LogP contribution < -0.4 is 5.32 Å². The maximum absolute atomic E-state index is 12.8. The number of aliphatic hydroxyl groups excluding tert-OH is 1. The number of aliphatic hydroxyl groups is 1. The third-order valence-electron chi connectivity index (χ3n) is 8.41. The van der Waals surface area contributed by atoms with Gasteiger partial charge in [-0.2, -0.15) is 5.10 Å². The van der Waals surface area contributed by atoms with Gasteiger partial charge in [-0.1, -0.05) is 11.6 Å². The Morgan fingerprint density at radius 1 is 1.22 bits per heavy atom. The fraction of sp³-hybridized carbons (Fsp3) is 0.519. The molecule has 6 rings (SSSR count). The molecule has 1 saturated carbocycles. The van der Waals surface area contributed by atoms with E-state index in [4.69, 9.17) is 16.3 Å². The molecule has 2 N–H and O–H groups in total. The molecule has 0 radical (unpaired) electrons. The topological polar surface area (TPSA) is 92.5 Å². The molecule has 4 atom stereocenters. The Kier molecular flexibility index (Phi) is 6.03.